The van der Waals surface area contributed by atoms with Crippen molar-refractivity contribution in [3.8, 4) is 5.75 Å². The standard InChI is InChI=1S/C17H19NO2S2/c1-12(22-15-9-7-14(20-2)8-10-15)17(19)18-13-5-4-6-16(11-13)21-3/h4-12H,1-3H3,(H,18,19)/t12-/m1/s1. The second kappa shape index (κ2) is 8.15. The molecule has 5 heteroatoms. The molecule has 22 heavy (non-hydrogen) atoms. The Hall–Kier alpha value is -1.59. The highest BCUT2D eigenvalue weighted by molar-refractivity contribution is 8.00. The lowest BCUT2D eigenvalue weighted by molar-refractivity contribution is -0.115. The molecule has 3 nitrogen and oxygen atoms in total. The number of thioether (sulfide) groups is 2. The zero-order chi connectivity index (χ0) is 15.9. The van der Waals surface area contributed by atoms with Crippen molar-refractivity contribution in [1.29, 1.82) is 0 Å². The maximum atomic E-state index is 12.3. The smallest absolute Gasteiger partial charge is 0.237 e. The van der Waals surface area contributed by atoms with E-state index in [4.69, 9.17) is 4.74 Å². The molecule has 0 aliphatic rings. The van der Waals surface area contributed by atoms with E-state index in [9.17, 15) is 4.79 Å². The summed E-state index contributed by atoms with van der Waals surface area (Å²) in [5.74, 6) is 0.814. The molecule has 0 radical (unpaired) electrons. The Bertz CT molecular complexity index is 629. The molecule has 0 aliphatic heterocycles. The lowest BCUT2D eigenvalue weighted by atomic mass is 10.3. The molecule has 2 aromatic rings. The molecule has 0 saturated heterocycles. The van der Waals surface area contributed by atoms with Crippen molar-refractivity contribution in [1.82, 2.24) is 0 Å². The number of methoxy groups -OCH3 is 1. The van der Waals surface area contributed by atoms with E-state index >= 15 is 0 Å². The maximum absolute atomic E-state index is 12.3. The SMILES string of the molecule is COc1ccc(S[C@H](C)C(=O)Nc2cccc(SC)c2)cc1. The number of carbonyl (C=O) groups excluding carboxylic acids is 1. The zero-order valence-electron chi connectivity index (χ0n) is 12.8. The maximum Gasteiger partial charge on any atom is 0.237 e. The molecule has 0 fully saturated rings. The van der Waals surface area contributed by atoms with Crippen molar-refractivity contribution in [3.05, 3.63) is 48.5 Å². The van der Waals surface area contributed by atoms with Crippen LogP contribution in [0, 0.1) is 0 Å². The normalized spacial score (nSPS) is 11.8. The summed E-state index contributed by atoms with van der Waals surface area (Å²) in [6.07, 6.45) is 2.02. The fourth-order valence-corrected chi connectivity index (χ4v) is 3.18. The molecule has 1 amide bonds. The molecule has 0 aliphatic carbocycles. The van der Waals surface area contributed by atoms with Crippen LogP contribution in [0.25, 0.3) is 0 Å². The summed E-state index contributed by atoms with van der Waals surface area (Å²) >= 11 is 3.18. The molecular formula is C17H19NO2S2. The summed E-state index contributed by atoms with van der Waals surface area (Å²) in [5.41, 5.74) is 0.832. The predicted molar refractivity (Wildman–Crippen MR) is 95.2 cm³/mol. The minimum absolute atomic E-state index is 0.000860. The van der Waals surface area contributed by atoms with Crippen molar-refractivity contribution < 1.29 is 9.53 Å². The van der Waals surface area contributed by atoms with Gasteiger partial charge in [0.25, 0.3) is 0 Å². The van der Waals surface area contributed by atoms with Crippen LogP contribution in [0.15, 0.2) is 58.3 Å². The second-order valence-corrected chi connectivity index (χ2v) is 6.95. The highest BCUT2D eigenvalue weighted by atomic mass is 32.2. The Labute approximate surface area is 139 Å². The summed E-state index contributed by atoms with van der Waals surface area (Å²) in [6, 6.07) is 15.6. The minimum Gasteiger partial charge on any atom is -0.497 e. The first-order valence-electron chi connectivity index (χ1n) is 6.88. The lowest BCUT2D eigenvalue weighted by Gasteiger charge is -2.13. The summed E-state index contributed by atoms with van der Waals surface area (Å²) in [5, 5.41) is 2.79. The Balaban J connectivity index is 1.96. The fraction of sp³-hybridized carbons (Fsp3) is 0.235. The van der Waals surface area contributed by atoms with Gasteiger partial charge in [-0.2, -0.15) is 0 Å². The second-order valence-electron chi connectivity index (χ2n) is 4.66. The molecule has 1 atom stereocenters. The number of anilines is 1. The topological polar surface area (TPSA) is 38.3 Å². The molecule has 0 bridgehead atoms. The monoisotopic (exact) mass is 333 g/mol. The largest absolute Gasteiger partial charge is 0.497 e. The highest BCUT2D eigenvalue weighted by Crippen LogP contribution is 2.26. The Morgan fingerprint density at radius 1 is 1.14 bits per heavy atom. The summed E-state index contributed by atoms with van der Waals surface area (Å²) in [4.78, 5) is 14.5. The summed E-state index contributed by atoms with van der Waals surface area (Å²) in [7, 11) is 1.64. The third kappa shape index (κ3) is 4.71. The van der Waals surface area contributed by atoms with E-state index in [2.05, 4.69) is 5.32 Å². The number of rotatable bonds is 6. The molecular weight excluding hydrogens is 314 g/mol. The third-order valence-electron chi connectivity index (χ3n) is 3.08. The molecule has 1 N–H and O–H groups in total. The van der Waals surface area contributed by atoms with Gasteiger partial charge in [-0.05, 0) is 55.6 Å². The fourth-order valence-electron chi connectivity index (χ4n) is 1.86. The van der Waals surface area contributed by atoms with Crippen LogP contribution in [0.3, 0.4) is 0 Å². The van der Waals surface area contributed by atoms with Crippen molar-refractivity contribution >= 4 is 35.1 Å². The van der Waals surface area contributed by atoms with Gasteiger partial charge >= 0.3 is 0 Å². The number of hydrogen-bond donors (Lipinski definition) is 1. The molecule has 0 saturated carbocycles. The van der Waals surface area contributed by atoms with Crippen LogP contribution in [0.5, 0.6) is 5.75 Å². The van der Waals surface area contributed by atoms with Crippen LogP contribution in [0.1, 0.15) is 6.92 Å². The van der Waals surface area contributed by atoms with Gasteiger partial charge in [0.2, 0.25) is 5.91 Å². The van der Waals surface area contributed by atoms with E-state index in [1.165, 1.54) is 11.8 Å². The quantitative estimate of drug-likeness (QED) is 0.788. The van der Waals surface area contributed by atoms with Gasteiger partial charge in [0.1, 0.15) is 5.75 Å². The van der Waals surface area contributed by atoms with Crippen molar-refractivity contribution in [2.24, 2.45) is 0 Å². The molecule has 2 rings (SSSR count). The van der Waals surface area contributed by atoms with E-state index in [0.29, 0.717) is 0 Å². The van der Waals surface area contributed by atoms with E-state index in [-0.39, 0.29) is 11.2 Å². The van der Waals surface area contributed by atoms with Crippen LogP contribution in [0.4, 0.5) is 5.69 Å². The Morgan fingerprint density at radius 2 is 1.86 bits per heavy atom. The van der Waals surface area contributed by atoms with Gasteiger partial charge < -0.3 is 10.1 Å². The average Bonchev–Trinajstić information content (AvgIpc) is 2.55. The number of carbonyl (C=O) groups is 1. The summed E-state index contributed by atoms with van der Waals surface area (Å²) < 4.78 is 5.13. The number of hydrogen-bond acceptors (Lipinski definition) is 4. The predicted octanol–water partition coefficient (Wildman–Crippen LogP) is 4.54. The molecule has 0 heterocycles. The average molecular weight is 333 g/mol. The van der Waals surface area contributed by atoms with Gasteiger partial charge in [-0.3, -0.25) is 4.79 Å². The van der Waals surface area contributed by atoms with Gasteiger partial charge in [-0.25, -0.2) is 0 Å². The van der Waals surface area contributed by atoms with Gasteiger partial charge in [0.05, 0.1) is 12.4 Å². The summed E-state index contributed by atoms with van der Waals surface area (Å²) in [6.45, 7) is 1.91. The van der Waals surface area contributed by atoms with Crippen LogP contribution < -0.4 is 10.1 Å². The molecule has 116 valence electrons. The zero-order valence-corrected chi connectivity index (χ0v) is 14.5. The van der Waals surface area contributed by atoms with Crippen LogP contribution in [0.2, 0.25) is 0 Å². The first kappa shape index (κ1) is 16.8. The number of nitrogens with one attached hydrogen (secondary N) is 1. The van der Waals surface area contributed by atoms with Crippen LogP contribution in [-0.2, 0) is 4.79 Å². The Morgan fingerprint density at radius 3 is 2.50 bits per heavy atom. The Kier molecular flexibility index (Phi) is 6.21. The van der Waals surface area contributed by atoms with Crippen LogP contribution >= 0.6 is 23.5 Å². The van der Waals surface area contributed by atoms with E-state index in [1.807, 2.05) is 61.7 Å². The minimum atomic E-state index is -0.175. The molecule has 0 unspecified atom stereocenters. The molecule has 0 aromatic heterocycles. The first-order valence-corrected chi connectivity index (χ1v) is 8.98. The van der Waals surface area contributed by atoms with Gasteiger partial charge in [-0.15, -0.1) is 23.5 Å². The van der Waals surface area contributed by atoms with Crippen LogP contribution in [-0.4, -0.2) is 24.5 Å². The van der Waals surface area contributed by atoms with E-state index < -0.39 is 0 Å². The highest BCUT2D eigenvalue weighted by Gasteiger charge is 2.14. The number of benzene rings is 2. The lowest BCUT2D eigenvalue weighted by Crippen LogP contribution is -2.22. The van der Waals surface area contributed by atoms with E-state index in [1.54, 1.807) is 18.9 Å². The first-order chi connectivity index (χ1) is 10.6. The molecule has 0 spiro atoms. The van der Waals surface area contributed by atoms with Gasteiger partial charge in [-0.1, -0.05) is 6.07 Å². The van der Waals surface area contributed by atoms with Gasteiger partial charge in [0.15, 0.2) is 0 Å². The van der Waals surface area contributed by atoms with Gasteiger partial charge in [0, 0.05) is 15.5 Å². The molecule has 2 aromatic carbocycles. The van der Waals surface area contributed by atoms with Crippen molar-refractivity contribution in [2.45, 2.75) is 22.0 Å². The number of amides is 1. The number of ether oxygens (including phenoxy) is 1. The van der Waals surface area contributed by atoms with Crippen molar-refractivity contribution in [2.75, 3.05) is 18.7 Å². The van der Waals surface area contributed by atoms with Crippen molar-refractivity contribution in [3.63, 3.8) is 0 Å². The third-order valence-corrected chi connectivity index (χ3v) is 4.92. The van der Waals surface area contributed by atoms with E-state index in [0.717, 1.165) is 21.2 Å².